The van der Waals surface area contributed by atoms with E-state index >= 15 is 0 Å². The molecule has 4 aromatic rings. The summed E-state index contributed by atoms with van der Waals surface area (Å²) in [4.78, 5) is 1.10. The highest BCUT2D eigenvalue weighted by molar-refractivity contribution is 7.19. The lowest BCUT2D eigenvalue weighted by Gasteiger charge is -1.96. The van der Waals surface area contributed by atoms with Gasteiger partial charge in [-0.15, -0.1) is 11.3 Å². The van der Waals surface area contributed by atoms with Crippen LogP contribution in [0.25, 0.3) is 32.1 Å². The van der Waals surface area contributed by atoms with Crippen molar-refractivity contribution in [3.63, 3.8) is 0 Å². The SMILES string of the molecule is C[n+]1c(/C=C(\Cl)c2cccs2)sc2ccc3ccccc3c21. The van der Waals surface area contributed by atoms with Crippen LogP contribution in [0.5, 0.6) is 0 Å². The number of hydrogen-bond acceptors (Lipinski definition) is 2. The topological polar surface area (TPSA) is 3.88 Å². The monoisotopic (exact) mass is 342 g/mol. The molecule has 0 radical (unpaired) electrons. The summed E-state index contributed by atoms with van der Waals surface area (Å²) >= 11 is 9.90. The van der Waals surface area contributed by atoms with Crippen LogP contribution in [0.15, 0.2) is 53.9 Å². The van der Waals surface area contributed by atoms with Crippen LogP contribution in [0.1, 0.15) is 9.88 Å². The minimum absolute atomic E-state index is 0.793. The minimum Gasteiger partial charge on any atom is -0.184 e. The predicted octanol–water partition coefficient (Wildman–Crippen LogP) is 5.68. The van der Waals surface area contributed by atoms with E-state index in [-0.39, 0.29) is 0 Å². The first-order valence-electron chi connectivity index (χ1n) is 6.95. The van der Waals surface area contributed by atoms with Gasteiger partial charge in [0, 0.05) is 11.0 Å². The Morgan fingerprint density at radius 1 is 1.09 bits per heavy atom. The summed E-state index contributed by atoms with van der Waals surface area (Å²) in [7, 11) is 2.11. The Morgan fingerprint density at radius 2 is 1.95 bits per heavy atom. The van der Waals surface area contributed by atoms with Crippen LogP contribution in [0.2, 0.25) is 0 Å². The summed E-state index contributed by atoms with van der Waals surface area (Å²) in [5.74, 6) is 0. The van der Waals surface area contributed by atoms with Crippen molar-refractivity contribution in [3.8, 4) is 0 Å². The van der Waals surface area contributed by atoms with Gasteiger partial charge in [0.1, 0.15) is 11.7 Å². The molecule has 0 saturated carbocycles. The number of hydrogen-bond donors (Lipinski definition) is 0. The second kappa shape index (κ2) is 5.51. The Balaban J connectivity index is 1.95. The number of halogens is 1. The first kappa shape index (κ1) is 13.9. The third kappa shape index (κ3) is 2.26. The van der Waals surface area contributed by atoms with E-state index < -0.39 is 0 Å². The molecule has 1 nitrogen and oxygen atoms in total. The average molecular weight is 343 g/mol. The summed E-state index contributed by atoms with van der Waals surface area (Å²) in [6.07, 6.45) is 2.06. The fourth-order valence-electron chi connectivity index (χ4n) is 2.68. The number of nitrogens with zero attached hydrogens (tertiary/aromatic N) is 1. The summed E-state index contributed by atoms with van der Waals surface area (Å²) in [6.45, 7) is 0. The van der Waals surface area contributed by atoms with Gasteiger partial charge in [-0.1, -0.05) is 53.3 Å². The largest absolute Gasteiger partial charge is 0.264 e. The second-order valence-corrected chi connectivity index (χ2v) is 7.52. The summed E-state index contributed by atoms with van der Waals surface area (Å²) < 4.78 is 3.52. The van der Waals surface area contributed by atoms with Crippen molar-refractivity contribution in [1.29, 1.82) is 0 Å². The van der Waals surface area contributed by atoms with Gasteiger partial charge >= 0.3 is 0 Å². The van der Waals surface area contributed by atoms with Crippen LogP contribution >= 0.6 is 34.3 Å². The number of thiazole rings is 1. The number of aryl methyl sites for hydroxylation is 1. The van der Waals surface area contributed by atoms with Gasteiger partial charge in [-0.2, -0.15) is 4.57 Å². The maximum atomic E-state index is 6.46. The first-order chi connectivity index (χ1) is 10.7. The molecule has 108 valence electrons. The van der Waals surface area contributed by atoms with E-state index in [1.807, 2.05) is 17.5 Å². The molecule has 0 spiro atoms. The van der Waals surface area contributed by atoms with Crippen molar-refractivity contribution in [2.75, 3.05) is 0 Å². The van der Waals surface area contributed by atoms with Crippen LogP contribution in [0, 0.1) is 0 Å². The molecule has 0 bridgehead atoms. The van der Waals surface area contributed by atoms with E-state index in [1.54, 1.807) is 22.7 Å². The van der Waals surface area contributed by atoms with E-state index in [4.69, 9.17) is 11.6 Å². The zero-order chi connectivity index (χ0) is 15.1. The van der Waals surface area contributed by atoms with Crippen molar-refractivity contribution in [1.82, 2.24) is 0 Å². The molecule has 2 aromatic heterocycles. The lowest BCUT2D eigenvalue weighted by Crippen LogP contribution is -2.29. The molecule has 0 amide bonds. The molecule has 0 aliphatic carbocycles. The van der Waals surface area contributed by atoms with Crippen LogP contribution < -0.4 is 4.57 Å². The fourth-order valence-corrected chi connectivity index (χ4v) is 4.78. The van der Waals surface area contributed by atoms with Gasteiger partial charge in [0.2, 0.25) is 5.52 Å². The van der Waals surface area contributed by atoms with E-state index in [0.717, 1.165) is 14.9 Å². The molecule has 0 aliphatic rings. The number of fused-ring (bicyclic) bond motifs is 3. The Labute approximate surface area is 141 Å². The zero-order valence-corrected chi connectivity index (χ0v) is 14.3. The average Bonchev–Trinajstić information content (AvgIpc) is 3.17. The third-order valence-electron chi connectivity index (χ3n) is 3.75. The van der Waals surface area contributed by atoms with Gasteiger partial charge < -0.3 is 0 Å². The second-order valence-electron chi connectivity index (χ2n) is 5.10. The summed E-state index contributed by atoms with van der Waals surface area (Å²) in [5, 5.41) is 6.55. The maximum Gasteiger partial charge on any atom is 0.264 e. The number of rotatable bonds is 2. The van der Waals surface area contributed by atoms with Gasteiger partial charge in [0.15, 0.2) is 0 Å². The van der Waals surface area contributed by atoms with Gasteiger partial charge in [-0.25, -0.2) is 0 Å². The van der Waals surface area contributed by atoms with Gasteiger partial charge in [0.05, 0.1) is 10.4 Å². The lowest BCUT2D eigenvalue weighted by molar-refractivity contribution is -0.641. The Bertz CT molecular complexity index is 997. The Morgan fingerprint density at radius 3 is 2.77 bits per heavy atom. The number of aromatic nitrogens is 1. The summed E-state index contributed by atoms with van der Waals surface area (Å²) in [5.41, 5.74) is 1.27. The molecule has 0 N–H and O–H groups in total. The normalized spacial score (nSPS) is 12.4. The van der Waals surface area contributed by atoms with Crippen LogP contribution in [-0.4, -0.2) is 0 Å². The minimum atomic E-state index is 0.793. The van der Waals surface area contributed by atoms with Crippen LogP contribution in [0.3, 0.4) is 0 Å². The number of thiophene rings is 1. The first-order valence-corrected chi connectivity index (χ1v) is 9.03. The quantitative estimate of drug-likeness (QED) is 0.413. The maximum absolute atomic E-state index is 6.46. The predicted molar refractivity (Wildman–Crippen MR) is 98.6 cm³/mol. The lowest BCUT2D eigenvalue weighted by atomic mass is 10.1. The highest BCUT2D eigenvalue weighted by Crippen LogP contribution is 2.31. The van der Waals surface area contributed by atoms with Crippen molar-refractivity contribution >= 4 is 66.4 Å². The Hall–Kier alpha value is -1.68. The van der Waals surface area contributed by atoms with E-state index in [2.05, 4.69) is 54.1 Å². The summed E-state index contributed by atoms with van der Waals surface area (Å²) in [6, 6.07) is 16.9. The highest BCUT2D eigenvalue weighted by Gasteiger charge is 2.18. The van der Waals surface area contributed by atoms with E-state index in [1.165, 1.54) is 21.0 Å². The molecule has 22 heavy (non-hydrogen) atoms. The highest BCUT2D eigenvalue weighted by atomic mass is 35.5. The molecule has 0 unspecified atom stereocenters. The van der Waals surface area contributed by atoms with Gasteiger partial charge in [-0.05, 0) is 29.0 Å². The molecule has 2 heterocycles. The number of benzene rings is 2. The van der Waals surface area contributed by atoms with Gasteiger partial charge in [0.25, 0.3) is 5.01 Å². The standard InChI is InChI=1S/C18H13ClNS2/c1-20-17(11-14(19)15-7-4-10-21-15)22-16-9-8-12-5-2-3-6-13(12)18(16)20/h2-11H,1H3/q+1/b14-11-. The van der Waals surface area contributed by atoms with Crippen molar-refractivity contribution < 1.29 is 4.57 Å². The molecule has 0 atom stereocenters. The zero-order valence-electron chi connectivity index (χ0n) is 11.9. The van der Waals surface area contributed by atoms with E-state index in [9.17, 15) is 0 Å². The smallest absolute Gasteiger partial charge is 0.184 e. The molecule has 0 fully saturated rings. The fraction of sp³-hybridized carbons (Fsp3) is 0.0556. The van der Waals surface area contributed by atoms with Crippen molar-refractivity contribution in [3.05, 3.63) is 63.8 Å². The molecule has 4 rings (SSSR count). The molecule has 0 saturated heterocycles. The van der Waals surface area contributed by atoms with Crippen LogP contribution in [-0.2, 0) is 7.05 Å². The molecular formula is C18H13ClNS2+. The molecule has 0 aliphatic heterocycles. The Kier molecular flexibility index (Phi) is 3.49. The van der Waals surface area contributed by atoms with E-state index in [0.29, 0.717) is 0 Å². The molecule has 2 aromatic carbocycles. The van der Waals surface area contributed by atoms with Crippen molar-refractivity contribution in [2.45, 2.75) is 0 Å². The van der Waals surface area contributed by atoms with Crippen molar-refractivity contribution in [2.24, 2.45) is 7.05 Å². The molecular weight excluding hydrogens is 330 g/mol. The third-order valence-corrected chi connectivity index (χ3v) is 6.23. The van der Waals surface area contributed by atoms with Gasteiger partial charge in [-0.3, -0.25) is 0 Å². The molecule has 4 heteroatoms. The van der Waals surface area contributed by atoms with Crippen LogP contribution in [0.4, 0.5) is 0 Å².